The molecule has 2 aromatic heterocycles. The minimum absolute atomic E-state index is 0.263. The molecule has 39 heavy (non-hydrogen) atoms. The molecule has 0 spiro atoms. The number of hydrogen-bond acceptors (Lipinski definition) is 2. The van der Waals surface area contributed by atoms with Crippen molar-refractivity contribution in [2.75, 3.05) is 19.6 Å². The molecule has 0 aliphatic carbocycles. The Morgan fingerprint density at radius 1 is 1.15 bits per heavy atom. The summed E-state index contributed by atoms with van der Waals surface area (Å²) in [6.07, 6.45) is 16.3. The largest absolute Gasteiger partial charge is 0.348 e. The average Bonchev–Trinajstić information content (AvgIpc) is 3.70. The third kappa shape index (κ3) is 5.85. The lowest BCUT2D eigenvalue weighted by Gasteiger charge is -2.14. The van der Waals surface area contributed by atoms with Crippen LogP contribution in [0.2, 0.25) is 0 Å². The van der Waals surface area contributed by atoms with Crippen LogP contribution in [0.25, 0.3) is 33.4 Å². The molecule has 0 atom stereocenters. The van der Waals surface area contributed by atoms with Gasteiger partial charge in [-0.25, -0.2) is 4.39 Å². The van der Waals surface area contributed by atoms with Crippen LogP contribution < -0.4 is 0 Å². The molecule has 1 saturated heterocycles. The van der Waals surface area contributed by atoms with Gasteiger partial charge in [0.15, 0.2) is 0 Å². The van der Waals surface area contributed by atoms with Gasteiger partial charge in [0.1, 0.15) is 11.5 Å². The van der Waals surface area contributed by atoms with E-state index in [1.165, 1.54) is 25.0 Å². The number of nitrogens with one attached hydrogen (secondary N) is 2. The number of fused-ring (bicyclic) bond motifs is 1. The molecule has 1 fully saturated rings. The zero-order valence-corrected chi connectivity index (χ0v) is 24.1. The lowest BCUT2D eigenvalue weighted by molar-refractivity contribution is 0.372. The first kappa shape index (κ1) is 26.9. The van der Waals surface area contributed by atoms with E-state index >= 15 is 0 Å². The lowest BCUT2D eigenvalue weighted by Crippen LogP contribution is -2.21. The molecule has 0 radical (unpaired) electrons. The van der Waals surface area contributed by atoms with Crippen molar-refractivity contribution in [1.29, 1.82) is 0 Å². The normalized spacial score (nSPS) is 15.2. The summed E-state index contributed by atoms with van der Waals surface area (Å²) in [4.78, 5) is 5.92. The summed E-state index contributed by atoms with van der Waals surface area (Å²) in [6.45, 7) is 8.95. The highest BCUT2D eigenvalue weighted by atomic mass is 127. The van der Waals surface area contributed by atoms with Gasteiger partial charge in [-0.2, -0.15) is 5.10 Å². The van der Waals surface area contributed by atoms with Gasteiger partial charge in [-0.1, -0.05) is 48.9 Å². The fraction of sp³-hybridized carbons (Fsp3) is 0.182. The molecular weight excluding hydrogens is 598 g/mol. The van der Waals surface area contributed by atoms with Gasteiger partial charge in [0, 0.05) is 23.1 Å². The molecule has 5 rings (SSSR count). The van der Waals surface area contributed by atoms with E-state index in [0.29, 0.717) is 0 Å². The molecule has 6 heteroatoms. The van der Waals surface area contributed by atoms with Gasteiger partial charge in [-0.05, 0) is 114 Å². The predicted octanol–water partition coefficient (Wildman–Crippen LogP) is 7.98. The quantitative estimate of drug-likeness (QED) is 0.118. The second kappa shape index (κ2) is 12.0. The zero-order chi connectivity index (χ0) is 27.4. The summed E-state index contributed by atoms with van der Waals surface area (Å²) in [5.41, 5.74) is 8.72. The number of aromatic amines is 2. The number of allylic oxidation sites excluding steroid dienone is 5. The van der Waals surface area contributed by atoms with Crippen LogP contribution in [0.4, 0.5) is 4.39 Å². The number of halogens is 2. The second-order valence-electron chi connectivity index (χ2n) is 9.61. The summed E-state index contributed by atoms with van der Waals surface area (Å²) in [6, 6.07) is 14.9. The fourth-order valence-electron chi connectivity index (χ4n) is 5.08. The number of H-pyrrole nitrogens is 2. The molecular formula is C33H30FIN4. The van der Waals surface area contributed by atoms with Crippen LogP contribution in [0.1, 0.15) is 36.5 Å². The van der Waals surface area contributed by atoms with Crippen molar-refractivity contribution in [3.05, 3.63) is 111 Å². The molecule has 4 nitrogen and oxygen atoms in total. The molecule has 1 aliphatic heterocycles. The maximum atomic E-state index is 13.6. The monoisotopic (exact) mass is 628 g/mol. The highest BCUT2D eigenvalue weighted by Gasteiger charge is 2.18. The third-order valence-corrected chi connectivity index (χ3v) is 7.92. The molecule has 2 N–H and O–H groups in total. The Morgan fingerprint density at radius 2 is 1.90 bits per heavy atom. The van der Waals surface area contributed by atoms with E-state index in [4.69, 9.17) is 6.42 Å². The van der Waals surface area contributed by atoms with Crippen molar-refractivity contribution in [3.63, 3.8) is 0 Å². The Balaban J connectivity index is 1.51. The molecule has 1 aliphatic rings. The van der Waals surface area contributed by atoms with Gasteiger partial charge in [-0.3, -0.25) is 10.00 Å². The van der Waals surface area contributed by atoms with Gasteiger partial charge < -0.3 is 4.98 Å². The third-order valence-electron chi connectivity index (χ3n) is 7.07. The predicted molar refractivity (Wildman–Crippen MR) is 169 cm³/mol. The van der Waals surface area contributed by atoms with Crippen LogP contribution in [0.5, 0.6) is 0 Å². The number of benzene rings is 2. The SMILES string of the molecule is C#C/C(=C\C(=C/C)c1ccc2[nH]nc(-c3cc(/C(=C\C=C)c4ccc(F)cc4)c(I)[nH]3)c2c1)CN1CCCC1. The van der Waals surface area contributed by atoms with Gasteiger partial charge in [0.05, 0.1) is 14.9 Å². The summed E-state index contributed by atoms with van der Waals surface area (Å²) >= 11 is 2.30. The van der Waals surface area contributed by atoms with Crippen LogP contribution in [0.15, 0.2) is 85.0 Å². The highest BCUT2D eigenvalue weighted by molar-refractivity contribution is 14.1. The minimum atomic E-state index is -0.263. The summed E-state index contributed by atoms with van der Waals surface area (Å²) < 4.78 is 14.5. The fourth-order valence-corrected chi connectivity index (χ4v) is 5.81. The molecule has 0 saturated carbocycles. The summed E-state index contributed by atoms with van der Waals surface area (Å²) in [7, 11) is 0. The average molecular weight is 629 g/mol. The van der Waals surface area contributed by atoms with E-state index in [2.05, 4.69) is 91.6 Å². The summed E-state index contributed by atoms with van der Waals surface area (Å²) in [5, 5.41) is 8.85. The van der Waals surface area contributed by atoms with Crippen molar-refractivity contribution >= 4 is 44.6 Å². The number of rotatable bonds is 8. The Bertz CT molecular complexity index is 1640. The Kier molecular flexibility index (Phi) is 8.30. The number of terminal acetylenes is 1. The Labute approximate surface area is 242 Å². The molecule has 0 bridgehead atoms. The van der Waals surface area contributed by atoms with E-state index in [-0.39, 0.29) is 5.82 Å². The molecule has 4 aromatic rings. The topological polar surface area (TPSA) is 47.7 Å². The maximum absolute atomic E-state index is 13.6. The summed E-state index contributed by atoms with van der Waals surface area (Å²) in [5.74, 6) is 2.64. The van der Waals surface area contributed by atoms with Gasteiger partial charge >= 0.3 is 0 Å². The molecule has 3 heterocycles. The molecule has 0 amide bonds. The van der Waals surface area contributed by atoms with Crippen molar-refractivity contribution < 1.29 is 4.39 Å². The first-order valence-corrected chi connectivity index (χ1v) is 14.1. The van der Waals surface area contributed by atoms with Crippen LogP contribution in [0, 0.1) is 21.9 Å². The van der Waals surface area contributed by atoms with E-state index in [1.807, 2.05) is 13.0 Å². The van der Waals surface area contributed by atoms with E-state index in [0.717, 1.165) is 79.0 Å². The molecule has 2 aromatic carbocycles. The Morgan fingerprint density at radius 3 is 2.59 bits per heavy atom. The van der Waals surface area contributed by atoms with Gasteiger partial charge in [0.2, 0.25) is 0 Å². The van der Waals surface area contributed by atoms with Crippen molar-refractivity contribution in [1.82, 2.24) is 20.1 Å². The van der Waals surface area contributed by atoms with Crippen LogP contribution in [0.3, 0.4) is 0 Å². The first-order chi connectivity index (χ1) is 19.0. The standard InChI is InChI=1S/C33H30FIN4/c1-4-9-27(24-10-13-26(34)14-11-24)28-20-31(36-33(28)35)32-29-19-25(12-15-30(29)37-38-32)23(6-3)18-22(5-2)21-39-16-7-8-17-39/h2,4,6,9-15,18-20,36H,1,7-8,16-17,21H2,3H3,(H,37,38)/b22-18+,23-6+,27-9-. The highest BCUT2D eigenvalue weighted by Crippen LogP contribution is 2.35. The molecule has 0 unspecified atom stereocenters. The number of nitrogens with zero attached hydrogens (tertiary/aromatic N) is 2. The van der Waals surface area contributed by atoms with Crippen molar-refractivity contribution in [2.45, 2.75) is 19.8 Å². The Hall–Kier alpha value is -3.67. The van der Waals surface area contributed by atoms with Gasteiger partial charge in [0.25, 0.3) is 0 Å². The van der Waals surface area contributed by atoms with Crippen LogP contribution in [-0.2, 0) is 0 Å². The van der Waals surface area contributed by atoms with Gasteiger partial charge in [-0.15, -0.1) is 6.42 Å². The van der Waals surface area contributed by atoms with E-state index in [9.17, 15) is 4.39 Å². The van der Waals surface area contributed by atoms with E-state index in [1.54, 1.807) is 18.2 Å². The second-order valence-corrected chi connectivity index (χ2v) is 10.7. The minimum Gasteiger partial charge on any atom is -0.348 e. The van der Waals surface area contributed by atoms with Crippen molar-refractivity contribution in [3.8, 4) is 23.7 Å². The van der Waals surface area contributed by atoms with Crippen LogP contribution >= 0.6 is 22.6 Å². The smallest absolute Gasteiger partial charge is 0.123 e. The number of aromatic nitrogens is 3. The number of likely N-dealkylation sites (tertiary alicyclic amines) is 1. The lowest BCUT2D eigenvalue weighted by atomic mass is 9.98. The van der Waals surface area contributed by atoms with Crippen molar-refractivity contribution in [2.24, 2.45) is 0 Å². The maximum Gasteiger partial charge on any atom is 0.123 e. The van der Waals surface area contributed by atoms with E-state index < -0.39 is 0 Å². The number of hydrogen-bond donors (Lipinski definition) is 2. The molecule has 196 valence electrons. The van der Waals surface area contributed by atoms with Crippen LogP contribution in [-0.4, -0.2) is 39.7 Å². The first-order valence-electron chi connectivity index (χ1n) is 13.0. The zero-order valence-electron chi connectivity index (χ0n) is 21.9.